The van der Waals surface area contributed by atoms with E-state index in [4.69, 9.17) is 28.4 Å². The number of ketones is 1. The van der Waals surface area contributed by atoms with Gasteiger partial charge in [0.05, 0.1) is 10.0 Å². The molecule has 0 amide bonds. The quantitative estimate of drug-likeness (QED) is 0.301. The second-order valence-electron chi connectivity index (χ2n) is 3.19. The number of carbonyl (C=O) groups is 1. The Hall–Kier alpha value is -1.92. The van der Waals surface area contributed by atoms with Crippen molar-refractivity contribution in [3.63, 3.8) is 0 Å². The van der Waals surface area contributed by atoms with Crippen molar-refractivity contribution in [2.75, 3.05) is 0 Å². The van der Waals surface area contributed by atoms with Gasteiger partial charge in [-0.05, 0) is 12.1 Å². The Labute approximate surface area is 111 Å². The zero-order valence-corrected chi connectivity index (χ0v) is 10.3. The number of benzene rings is 1. The molecule has 6 nitrogen and oxygen atoms in total. The highest BCUT2D eigenvalue weighted by Gasteiger charge is 2.21. The number of halogens is 2. The van der Waals surface area contributed by atoms with Crippen LogP contribution in [0.1, 0.15) is 10.4 Å². The molecule has 0 fully saturated rings. The lowest BCUT2D eigenvalue weighted by molar-refractivity contribution is 0.105. The van der Waals surface area contributed by atoms with Gasteiger partial charge in [0.1, 0.15) is 12.7 Å². The van der Waals surface area contributed by atoms with Gasteiger partial charge in [0.2, 0.25) is 11.6 Å². The highest BCUT2D eigenvalue weighted by atomic mass is 35.5. The Bertz CT molecular complexity index is 610. The van der Waals surface area contributed by atoms with E-state index in [-0.39, 0.29) is 21.4 Å². The maximum absolute atomic E-state index is 12.1. The first-order valence-electron chi connectivity index (χ1n) is 4.71. The molecular formula is C10H6Cl2N4O2. The summed E-state index contributed by atoms with van der Waals surface area (Å²) in [6, 6.07) is 4.59. The SMILES string of the molecule is O=C(C(=NO)n1cncn1)c1cccc(Cl)c1Cl. The normalized spacial score (nSPS) is 11.6. The average molecular weight is 285 g/mol. The lowest BCUT2D eigenvalue weighted by Crippen LogP contribution is -2.24. The Kier molecular flexibility index (Phi) is 3.59. The first-order valence-corrected chi connectivity index (χ1v) is 5.46. The van der Waals surface area contributed by atoms with Crippen LogP contribution < -0.4 is 0 Å². The molecule has 0 aliphatic carbocycles. The van der Waals surface area contributed by atoms with Crippen LogP contribution in [0.4, 0.5) is 0 Å². The number of hydrogen-bond donors (Lipinski definition) is 1. The summed E-state index contributed by atoms with van der Waals surface area (Å²) in [5.74, 6) is -0.938. The number of aromatic nitrogens is 3. The standard InChI is InChI=1S/C10H6Cl2N4O2/c11-7-3-1-2-6(8(7)12)9(17)10(15-18)16-5-13-4-14-16/h1-5,18H. The monoisotopic (exact) mass is 284 g/mol. The Balaban J connectivity index is 2.45. The maximum atomic E-state index is 12.1. The van der Waals surface area contributed by atoms with E-state index in [1.165, 1.54) is 18.7 Å². The molecule has 0 radical (unpaired) electrons. The minimum Gasteiger partial charge on any atom is -0.409 e. The molecule has 1 heterocycles. The summed E-state index contributed by atoms with van der Waals surface area (Å²) in [7, 11) is 0. The number of nitrogens with zero attached hydrogens (tertiary/aromatic N) is 4. The van der Waals surface area contributed by atoms with Crippen LogP contribution in [0, 0.1) is 0 Å². The number of rotatable bonds is 2. The van der Waals surface area contributed by atoms with Gasteiger partial charge >= 0.3 is 0 Å². The molecule has 0 aliphatic heterocycles. The van der Waals surface area contributed by atoms with E-state index in [0.717, 1.165) is 4.68 Å². The predicted molar refractivity (Wildman–Crippen MR) is 65.4 cm³/mol. The lowest BCUT2D eigenvalue weighted by Gasteiger charge is -2.05. The van der Waals surface area contributed by atoms with E-state index in [0.29, 0.717) is 0 Å². The molecule has 0 atom stereocenters. The smallest absolute Gasteiger partial charge is 0.242 e. The minimum atomic E-state index is -0.615. The van der Waals surface area contributed by atoms with Crippen LogP contribution in [0.2, 0.25) is 10.0 Å². The van der Waals surface area contributed by atoms with Crippen molar-refractivity contribution >= 4 is 34.8 Å². The molecule has 0 saturated heterocycles. The molecule has 0 aliphatic rings. The average Bonchev–Trinajstić information content (AvgIpc) is 2.87. The highest BCUT2D eigenvalue weighted by Crippen LogP contribution is 2.26. The largest absolute Gasteiger partial charge is 0.409 e. The van der Waals surface area contributed by atoms with Crippen LogP contribution in [-0.2, 0) is 0 Å². The molecule has 0 unspecified atom stereocenters. The van der Waals surface area contributed by atoms with Gasteiger partial charge in [-0.15, -0.1) is 0 Å². The third kappa shape index (κ3) is 2.20. The number of oxime groups is 1. The van der Waals surface area contributed by atoms with Crippen molar-refractivity contribution in [2.24, 2.45) is 5.16 Å². The van der Waals surface area contributed by atoms with E-state index < -0.39 is 5.78 Å². The van der Waals surface area contributed by atoms with Gasteiger partial charge in [-0.2, -0.15) is 9.78 Å². The minimum absolute atomic E-state index is 0.0884. The third-order valence-corrected chi connectivity index (χ3v) is 2.95. The fourth-order valence-corrected chi connectivity index (χ4v) is 1.70. The van der Waals surface area contributed by atoms with E-state index >= 15 is 0 Å². The van der Waals surface area contributed by atoms with Gasteiger partial charge in [-0.1, -0.05) is 34.4 Å². The van der Waals surface area contributed by atoms with E-state index in [9.17, 15) is 4.79 Å². The summed E-state index contributed by atoms with van der Waals surface area (Å²) >= 11 is 11.7. The van der Waals surface area contributed by atoms with E-state index in [1.54, 1.807) is 12.1 Å². The topological polar surface area (TPSA) is 80.4 Å². The van der Waals surface area contributed by atoms with Crippen LogP contribution in [-0.4, -0.2) is 31.6 Å². The summed E-state index contributed by atoms with van der Waals surface area (Å²) < 4.78 is 1.03. The van der Waals surface area contributed by atoms with Gasteiger partial charge in [-0.3, -0.25) is 4.79 Å². The molecule has 1 N–H and O–H groups in total. The molecule has 2 aromatic rings. The molecular weight excluding hydrogens is 279 g/mol. The van der Waals surface area contributed by atoms with Crippen molar-refractivity contribution in [3.8, 4) is 0 Å². The van der Waals surface area contributed by atoms with Gasteiger partial charge in [0, 0.05) is 5.56 Å². The van der Waals surface area contributed by atoms with Gasteiger partial charge in [0.15, 0.2) is 0 Å². The fourth-order valence-electron chi connectivity index (χ4n) is 1.31. The van der Waals surface area contributed by atoms with Crippen molar-refractivity contribution in [2.45, 2.75) is 0 Å². The Morgan fingerprint density at radius 3 is 2.78 bits per heavy atom. The zero-order chi connectivity index (χ0) is 13.1. The molecule has 1 aromatic carbocycles. The second-order valence-corrected chi connectivity index (χ2v) is 3.98. The highest BCUT2D eigenvalue weighted by molar-refractivity contribution is 6.51. The Morgan fingerprint density at radius 1 is 1.39 bits per heavy atom. The summed E-state index contributed by atoms with van der Waals surface area (Å²) in [5.41, 5.74) is 0.118. The van der Waals surface area contributed by atoms with Crippen molar-refractivity contribution in [1.29, 1.82) is 0 Å². The number of hydrogen-bond acceptors (Lipinski definition) is 5. The van der Waals surface area contributed by atoms with Crippen LogP contribution in [0.25, 0.3) is 0 Å². The fraction of sp³-hybridized carbons (Fsp3) is 0. The number of carbonyl (C=O) groups excluding carboxylic acids is 1. The molecule has 1 aromatic heterocycles. The number of Topliss-reactive ketones (excluding diaryl/α,β-unsaturated/α-hetero) is 1. The molecule has 92 valence electrons. The zero-order valence-electron chi connectivity index (χ0n) is 8.79. The van der Waals surface area contributed by atoms with Crippen LogP contribution in [0.3, 0.4) is 0 Å². The molecule has 0 saturated carbocycles. The Morgan fingerprint density at radius 2 is 2.17 bits per heavy atom. The van der Waals surface area contributed by atoms with Crippen molar-refractivity contribution < 1.29 is 10.0 Å². The van der Waals surface area contributed by atoms with E-state index in [1.807, 2.05) is 0 Å². The van der Waals surface area contributed by atoms with Crippen molar-refractivity contribution in [1.82, 2.24) is 14.8 Å². The first kappa shape index (κ1) is 12.5. The summed E-state index contributed by atoms with van der Waals surface area (Å²) in [6.07, 6.45) is 2.43. The van der Waals surface area contributed by atoms with Crippen molar-refractivity contribution in [3.05, 3.63) is 46.5 Å². The summed E-state index contributed by atoms with van der Waals surface area (Å²) in [5, 5.41) is 15.8. The molecule has 0 bridgehead atoms. The summed E-state index contributed by atoms with van der Waals surface area (Å²) in [4.78, 5) is 15.8. The van der Waals surface area contributed by atoms with Gasteiger partial charge in [0.25, 0.3) is 0 Å². The molecule has 8 heteroatoms. The van der Waals surface area contributed by atoms with E-state index in [2.05, 4.69) is 15.2 Å². The van der Waals surface area contributed by atoms with Crippen LogP contribution >= 0.6 is 23.2 Å². The predicted octanol–water partition coefficient (Wildman–Crippen LogP) is 2.10. The molecule has 18 heavy (non-hydrogen) atoms. The first-order chi connectivity index (χ1) is 8.65. The van der Waals surface area contributed by atoms with Crippen LogP contribution in [0.5, 0.6) is 0 Å². The van der Waals surface area contributed by atoms with Crippen LogP contribution in [0.15, 0.2) is 36.0 Å². The third-order valence-electron chi connectivity index (χ3n) is 2.13. The maximum Gasteiger partial charge on any atom is 0.242 e. The van der Waals surface area contributed by atoms with Gasteiger partial charge in [-0.25, -0.2) is 4.98 Å². The van der Waals surface area contributed by atoms with Gasteiger partial charge < -0.3 is 5.21 Å². The molecule has 2 rings (SSSR count). The lowest BCUT2D eigenvalue weighted by atomic mass is 10.1. The molecule has 0 spiro atoms. The second kappa shape index (κ2) is 5.16. The summed E-state index contributed by atoms with van der Waals surface area (Å²) in [6.45, 7) is 0.